The maximum absolute atomic E-state index is 11.5. The Morgan fingerprint density at radius 3 is 2.71 bits per heavy atom. The van der Waals surface area contributed by atoms with Crippen LogP contribution < -0.4 is 10.7 Å². The first-order valence-electron chi connectivity index (χ1n) is 4.27. The maximum Gasteiger partial charge on any atom is 0.318 e. The largest absolute Gasteiger partial charge is 0.339 e. The third kappa shape index (κ3) is 1.68. The molecule has 2 aromatic rings. The molecule has 88 valence electrons. The summed E-state index contributed by atoms with van der Waals surface area (Å²) in [6.45, 7) is 1.59. The van der Waals surface area contributed by atoms with E-state index in [0.717, 1.165) is 0 Å². The van der Waals surface area contributed by atoms with E-state index >= 15 is 0 Å². The van der Waals surface area contributed by atoms with E-state index in [1.54, 1.807) is 6.92 Å². The Balaban J connectivity index is 2.67. The number of hydrogen-bond acceptors (Lipinski definition) is 7. The Hall–Kier alpha value is -2.85. The molecule has 0 spiro atoms. The molecule has 0 aliphatic carbocycles. The summed E-state index contributed by atoms with van der Waals surface area (Å²) in [4.78, 5) is 44.3. The van der Waals surface area contributed by atoms with Gasteiger partial charge in [-0.15, -0.1) is 0 Å². The van der Waals surface area contributed by atoms with Gasteiger partial charge in [0.25, 0.3) is 5.56 Å². The second kappa shape index (κ2) is 3.62. The standard InChI is InChI=1S/C6H5N7O4/c1-2-7-3-4(8-2)9-6(10-5(3)14)12(11-15)13(16)17/h1H3,(H2,7,8,9,10,14). The van der Waals surface area contributed by atoms with E-state index in [2.05, 4.69) is 20.2 Å². The summed E-state index contributed by atoms with van der Waals surface area (Å²) in [6.07, 6.45) is 0. The molecular formula is C6H5N7O4. The molecule has 0 amide bonds. The lowest BCUT2D eigenvalue weighted by Crippen LogP contribution is -2.27. The van der Waals surface area contributed by atoms with E-state index in [1.807, 2.05) is 4.98 Å². The summed E-state index contributed by atoms with van der Waals surface area (Å²) in [6, 6.07) is 0. The Morgan fingerprint density at radius 2 is 2.12 bits per heavy atom. The molecule has 0 radical (unpaired) electrons. The van der Waals surface area contributed by atoms with E-state index in [9.17, 15) is 19.8 Å². The van der Waals surface area contributed by atoms with Crippen LogP contribution in [0.15, 0.2) is 10.1 Å². The minimum atomic E-state index is -1.11. The molecular weight excluding hydrogens is 234 g/mol. The number of hydrazine groups is 1. The van der Waals surface area contributed by atoms with E-state index < -0.39 is 16.5 Å². The van der Waals surface area contributed by atoms with E-state index in [4.69, 9.17) is 0 Å². The molecule has 0 saturated carbocycles. The van der Waals surface area contributed by atoms with Crippen molar-refractivity contribution in [1.29, 1.82) is 0 Å². The minimum Gasteiger partial charge on any atom is -0.339 e. The van der Waals surface area contributed by atoms with Crippen molar-refractivity contribution in [2.45, 2.75) is 6.92 Å². The number of H-pyrrole nitrogens is 2. The zero-order valence-corrected chi connectivity index (χ0v) is 8.37. The molecule has 0 fully saturated rings. The fourth-order valence-electron chi connectivity index (χ4n) is 1.25. The van der Waals surface area contributed by atoms with Crippen LogP contribution in [0.2, 0.25) is 0 Å². The zero-order valence-electron chi connectivity index (χ0n) is 8.37. The molecule has 17 heavy (non-hydrogen) atoms. The summed E-state index contributed by atoms with van der Waals surface area (Å²) < 4.78 is 0. The number of nitrogens with zero attached hydrogens (tertiary/aromatic N) is 5. The van der Waals surface area contributed by atoms with Gasteiger partial charge in [0.15, 0.2) is 11.2 Å². The third-order valence-electron chi connectivity index (χ3n) is 1.89. The minimum absolute atomic E-state index is 0.0308. The molecule has 11 heteroatoms. The van der Waals surface area contributed by atoms with Crippen molar-refractivity contribution in [3.63, 3.8) is 0 Å². The zero-order chi connectivity index (χ0) is 12.6. The van der Waals surface area contributed by atoms with Gasteiger partial charge in [0, 0.05) is 4.91 Å². The van der Waals surface area contributed by atoms with Gasteiger partial charge in [-0.05, 0) is 6.92 Å². The Bertz CT molecular complexity index is 658. The second-order valence-corrected chi connectivity index (χ2v) is 3.02. The van der Waals surface area contributed by atoms with Crippen molar-refractivity contribution in [2.24, 2.45) is 5.29 Å². The summed E-state index contributed by atoms with van der Waals surface area (Å²) in [5.41, 5.74) is -0.640. The van der Waals surface area contributed by atoms with Crippen LogP contribution in [0.4, 0.5) is 5.95 Å². The predicted octanol–water partition coefficient (Wildman–Crippen LogP) is -0.366. The fraction of sp³-hybridized carbons (Fsp3) is 0.167. The summed E-state index contributed by atoms with van der Waals surface area (Å²) in [7, 11) is 0. The topological polar surface area (TPSA) is 150 Å². The third-order valence-corrected chi connectivity index (χ3v) is 1.89. The van der Waals surface area contributed by atoms with Crippen LogP contribution in [0.25, 0.3) is 11.2 Å². The number of aryl methyl sites for hydroxylation is 1. The molecule has 0 bridgehead atoms. The summed E-state index contributed by atoms with van der Waals surface area (Å²) >= 11 is 0. The predicted molar refractivity (Wildman–Crippen MR) is 54.5 cm³/mol. The number of hydrogen-bond donors (Lipinski definition) is 2. The van der Waals surface area contributed by atoms with Crippen LogP contribution in [-0.2, 0) is 0 Å². The number of nitrogens with one attached hydrogen (secondary N) is 2. The number of nitro groups is 1. The first kappa shape index (κ1) is 10.7. The van der Waals surface area contributed by atoms with Gasteiger partial charge in [-0.3, -0.25) is 9.78 Å². The molecule has 0 aliphatic rings. The Labute approximate surface area is 91.6 Å². The van der Waals surface area contributed by atoms with Crippen LogP contribution in [-0.4, -0.2) is 25.0 Å². The van der Waals surface area contributed by atoms with Gasteiger partial charge in [0.1, 0.15) is 10.9 Å². The second-order valence-electron chi connectivity index (χ2n) is 3.02. The van der Waals surface area contributed by atoms with Gasteiger partial charge in [-0.2, -0.15) is 4.98 Å². The normalized spacial score (nSPS) is 10.4. The smallest absolute Gasteiger partial charge is 0.318 e. The monoisotopic (exact) mass is 239 g/mol. The molecule has 2 N–H and O–H groups in total. The van der Waals surface area contributed by atoms with Crippen LogP contribution in [0, 0.1) is 21.9 Å². The van der Waals surface area contributed by atoms with Gasteiger partial charge < -0.3 is 15.1 Å². The molecule has 2 rings (SSSR count). The molecule has 2 aromatic heterocycles. The average Bonchev–Trinajstić information content (AvgIpc) is 2.59. The van der Waals surface area contributed by atoms with Crippen LogP contribution in [0.5, 0.6) is 0 Å². The lowest BCUT2D eigenvalue weighted by Gasteiger charge is -2.02. The first-order valence-corrected chi connectivity index (χ1v) is 4.27. The molecule has 2 heterocycles. The number of fused-ring (bicyclic) bond motifs is 1. The highest BCUT2D eigenvalue weighted by Crippen LogP contribution is 2.10. The van der Waals surface area contributed by atoms with Crippen molar-refractivity contribution < 1.29 is 5.03 Å². The van der Waals surface area contributed by atoms with Gasteiger partial charge in [-0.1, -0.05) is 0 Å². The van der Waals surface area contributed by atoms with Gasteiger partial charge in [-0.25, -0.2) is 4.98 Å². The van der Waals surface area contributed by atoms with Crippen molar-refractivity contribution in [3.05, 3.63) is 31.2 Å². The Morgan fingerprint density at radius 1 is 1.41 bits per heavy atom. The van der Waals surface area contributed by atoms with Crippen LogP contribution >= 0.6 is 0 Å². The average molecular weight is 239 g/mol. The molecule has 0 saturated heterocycles. The highest BCUT2D eigenvalue weighted by Gasteiger charge is 2.23. The van der Waals surface area contributed by atoms with Gasteiger partial charge in [0.05, 0.1) is 5.03 Å². The number of aromatic amines is 2. The summed E-state index contributed by atoms with van der Waals surface area (Å²) in [5.74, 6) is -0.184. The fourth-order valence-corrected chi connectivity index (χ4v) is 1.25. The van der Waals surface area contributed by atoms with Crippen molar-refractivity contribution in [1.82, 2.24) is 19.9 Å². The van der Waals surface area contributed by atoms with Crippen LogP contribution in [0.3, 0.4) is 0 Å². The number of anilines is 1. The Kier molecular flexibility index (Phi) is 2.27. The van der Waals surface area contributed by atoms with Crippen LogP contribution in [0.1, 0.15) is 5.82 Å². The lowest BCUT2D eigenvalue weighted by molar-refractivity contribution is -0.496. The first-order chi connectivity index (χ1) is 8.02. The SMILES string of the molecule is Cc1nc2nc(N(N=O)[N+](=O)[O-])[nH]c(=O)c2[nH]1. The highest BCUT2D eigenvalue weighted by molar-refractivity contribution is 5.70. The molecule has 0 unspecified atom stereocenters. The van der Waals surface area contributed by atoms with E-state index in [1.165, 1.54) is 0 Å². The van der Waals surface area contributed by atoms with Crippen molar-refractivity contribution >= 4 is 17.1 Å². The van der Waals surface area contributed by atoms with E-state index in [0.29, 0.717) is 5.82 Å². The molecule has 0 atom stereocenters. The molecule has 0 aromatic carbocycles. The highest BCUT2D eigenvalue weighted by atomic mass is 16.7. The summed E-state index contributed by atoms with van der Waals surface area (Å²) in [5, 5.41) is 11.3. The quantitative estimate of drug-likeness (QED) is 0.421. The number of imidazole rings is 1. The van der Waals surface area contributed by atoms with Crippen molar-refractivity contribution in [3.8, 4) is 0 Å². The van der Waals surface area contributed by atoms with E-state index in [-0.39, 0.29) is 16.3 Å². The lowest BCUT2D eigenvalue weighted by atomic mass is 10.5. The van der Waals surface area contributed by atoms with Crippen molar-refractivity contribution in [2.75, 3.05) is 5.12 Å². The van der Waals surface area contributed by atoms with Gasteiger partial charge in [0.2, 0.25) is 0 Å². The molecule has 11 nitrogen and oxygen atoms in total. The van der Waals surface area contributed by atoms with Gasteiger partial charge >= 0.3 is 11.2 Å². The number of aromatic nitrogens is 4. The number of nitroso groups, excluding NO2 is 1. The maximum atomic E-state index is 11.5. The molecule has 0 aliphatic heterocycles. The number of rotatable bonds is 3.